The maximum absolute atomic E-state index is 13.7. The topological polar surface area (TPSA) is 72.2 Å². The summed E-state index contributed by atoms with van der Waals surface area (Å²) in [6, 6.07) is 4.38. The fraction of sp³-hybridized carbons (Fsp3) is 0.538. The molecule has 0 radical (unpaired) electrons. The Balaban J connectivity index is 1.99. The Labute approximate surface area is 123 Å². The van der Waals surface area contributed by atoms with Crippen molar-refractivity contribution in [1.29, 1.82) is 0 Å². The van der Waals surface area contributed by atoms with E-state index in [1.807, 2.05) is 0 Å². The molecule has 0 aliphatic carbocycles. The molecule has 0 spiro atoms. The number of rotatable bonds is 5. The smallest absolute Gasteiger partial charge is 0.150 e. The summed E-state index contributed by atoms with van der Waals surface area (Å²) in [5.41, 5.74) is 3.18. The normalized spacial score (nSPS) is 22.9. The molecule has 0 bridgehead atoms. The number of benzene rings is 1. The zero-order chi connectivity index (χ0) is 14.8. The van der Waals surface area contributed by atoms with E-state index >= 15 is 0 Å². The minimum atomic E-state index is -2.90. The van der Waals surface area contributed by atoms with Crippen molar-refractivity contribution in [1.82, 2.24) is 5.43 Å². The molecule has 2 unspecified atom stereocenters. The zero-order valence-corrected chi connectivity index (χ0v) is 12.6. The quantitative estimate of drug-likeness (QED) is 0.639. The van der Waals surface area contributed by atoms with E-state index in [4.69, 9.17) is 17.4 Å². The highest BCUT2D eigenvalue weighted by molar-refractivity contribution is 7.91. The lowest BCUT2D eigenvalue weighted by Gasteiger charge is -2.19. The molecule has 0 amide bonds. The molecule has 1 aliphatic rings. The first kappa shape index (κ1) is 15.7. The summed E-state index contributed by atoms with van der Waals surface area (Å²) in [7, 11) is -2.90. The first-order valence-corrected chi connectivity index (χ1v) is 8.70. The second kappa shape index (κ2) is 6.39. The van der Waals surface area contributed by atoms with Crippen LogP contribution in [-0.2, 0) is 16.3 Å². The number of hydrazine groups is 1. The second-order valence-electron chi connectivity index (χ2n) is 5.31. The van der Waals surface area contributed by atoms with E-state index in [0.717, 1.165) is 0 Å². The highest BCUT2D eigenvalue weighted by atomic mass is 35.5. The van der Waals surface area contributed by atoms with Gasteiger partial charge in [0.1, 0.15) is 5.82 Å². The minimum absolute atomic E-state index is 0.0939. The van der Waals surface area contributed by atoms with E-state index in [0.29, 0.717) is 29.8 Å². The maximum atomic E-state index is 13.7. The van der Waals surface area contributed by atoms with Gasteiger partial charge in [-0.2, -0.15) is 0 Å². The van der Waals surface area contributed by atoms with Crippen LogP contribution in [0.2, 0.25) is 5.02 Å². The molecule has 1 heterocycles. The third-order valence-electron chi connectivity index (χ3n) is 3.66. The van der Waals surface area contributed by atoms with Gasteiger partial charge < -0.3 is 0 Å². The van der Waals surface area contributed by atoms with Gasteiger partial charge in [0.15, 0.2) is 9.84 Å². The molecular formula is C13H18ClFN2O2S. The van der Waals surface area contributed by atoms with Crippen LogP contribution in [-0.4, -0.2) is 26.0 Å². The molecule has 7 heteroatoms. The van der Waals surface area contributed by atoms with Crippen molar-refractivity contribution in [2.45, 2.75) is 25.3 Å². The van der Waals surface area contributed by atoms with Gasteiger partial charge in [0.05, 0.1) is 11.5 Å². The Morgan fingerprint density at radius 2 is 2.25 bits per heavy atom. The highest BCUT2D eigenvalue weighted by Crippen LogP contribution is 2.24. The molecule has 2 atom stereocenters. The Bertz CT molecular complexity index is 580. The van der Waals surface area contributed by atoms with Crippen LogP contribution in [0.5, 0.6) is 0 Å². The van der Waals surface area contributed by atoms with Crippen LogP contribution in [0.4, 0.5) is 4.39 Å². The molecule has 1 aliphatic heterocycles. The van der Waals surface area contributed by atoms with Crippen molar-refractivity contribution in [3.63, 3.8) is 0 Å². The Kier molecular flexibility index (Phi) is 5.01. The highest BCUT2D eigenvalue weighted by Gasteiger charge is 2.29. The van der Waals surface area contributed by atoms with Crippen molar-refractivity contribution < 1.29 is 12.8 Å². The largest absolute Gasteiger partial charge is 0.271 e. The molecule has 20 heavy (non-hydrogen) atoms. The van der Waals surface area contributed by atoms with Crippen LogP contribution < -0.4 is 11.3 Å². The average molecular weight is 321 g/mol. The van der Waals surface area contributed by atoms with Gasteiger partial charge in [-0.05, 0) is 42.9 Å². The fourth-order valence-electron chi connectivity index (χ4n) is 2.62. The predicted molar refractivity (Wildman–Crippen MR) is 77.6 cm³/mol. The fourth-order valence-corrected chi connectivity index (χ4v) is 4.66. The van der Waals surface area contributed by atoms with E-state index in [1.54, 1.807) is 12.1 Å². The van der Waals surface area contributed by atoms with Gasteiger partial charge in [0, 0.05) is 11.1 Å². The molecule has 2 rings (SSSR count). The van der Waals surface area contributed by atoms with Gasteiger partial charge in [-0.1, -0.05) is 17.7 Å². The van der Waals surface area contributed by atoms with Crippen LogP contribution in [0.15, 0.2) is 18.2 Å². The van der Waals surface area contributed by atoms with Crippen molar-refractivity contribution >= 4 is 21.4 Å². The number of hydrogen-bond donors (Lipinski definition) is 2. The van der Waals surface area contributed by atoms with Crippen LogP contribution in [0.25, 0.3) is 0 Å². The van der Waals surface area contributed by atoms with Gasteiger partial charge in [-0.3, -0.25) is 11.3 Å². The molecule has 0 saturated carbocycles. The van der Waals surface area contributed by atoms with Crippen molar-refractivity contribution in [2.24, 2.45) is 11.8 Å². The van der Waals surface area contributed by atoms with Crippen molar-refractivity contribution in [3.8, 4) is 0 Å². The number of nitrogens with one attached hydrogen (secondary N) is 1. The third kappa shape index (κ3) is 4.15. The summed E-state index contributed by atoms with van der Waals surface area (Å²) < 4.78 is 36.6. The Morgan fingerprint density at radius 3 is 2.80 bits per heavy atom. The average Bonchev–Trinajstić information content (AvgIpc) is 2.71. The maximum Gasteiger partial charge on any atom is 0.150 e. The van der Waals surface area contributed by atoms with Crippen molar-refractivity contribution in [3.05, 3.63) is 34.6 Å². The van der Waals surface area contributed by atoms with E-state index in [2.05, 4.69) is 5.43 Å². The van der Waals surface area contributed by atoms with Gasteiger partial charge in [-0.25, -0.2) is 12.8 Å². The first-order chi connectivity index (χ1) is 9.39. The second-order valence-corrected chi connectivity index (χ2v) is 7.97. The summed E-state index contributed by atoms with van der Waals surface area (Å²) in [6.07, 6.45) is 1.69. The minimum Gasteiger partial charge on any atom is -0.271 e. The lowest BCUT2D eigenvalue weighted by molar-refractivity contribution is 0.404. The van der Waals surface area contributed by atoms with Gasteiger partial charge >= 0.3 is 0 Å². The Hall–Kier alpha value is -0.690. The van der Waals surface area contributed by atoms with Crippen molar-refractivity contribution in [2.75, 3.05) is 11.5 Å². The lowest BCUT2D eigenvalue weighted by Crippen LogP contribution is -2.38. The monoisotopic (exact) mass is 320 g/mol. The summed E-state index contributed by atoms with van der Waals surface area (Å²) >= 11 is 5.71. The lowest BCUT2D eigenvalue weighted by atomic mass is 9.95. The summed E-state index contributed by atoms with van der Waals surface area (Å²) in [6.45, 7) is 0. The van der Waals surface area contributed by atoms with E-state index in [9.17, 15) is 12.8 Å². The molecule has 3 N–H and O–H groups in total. The molecule has 1 aromatic rings. The first-order valence-electron chi connectivity index (χ1n) is 6.50. The van der Waals surface area contributed by atoms with E-state index in [1.165, 1.54) is 6.07 Å². The Morgan fingerprint density at radius 1 is 1.50 bits per heavy atom. The van der Waals surface area contributed by atoms with Gasteiger partial charge in [0.2, 0.25) is 0 Å². The standard InChI is InChI=1S/C13H18ClFN2O2S/c14-11-2-1-10(13(15)7-11)6-12(17-16)5-9-3-4-20(18,19)8-9/h1-2,7,9,12,17H,3-6,8,16H2. The molecule has 4 nitrogen and oxygen atoms in total. The molecule has 1 fully saturated rings. The number of halogens is 2. The van der Waals surface area contributed by atoms with Crippen LogP contribution in [0.3, 0.4) is 0 Å². The molecule has 1 saturated heterocycles. The zero-order valence-electron chi connectivity index (χ0n) is 11.0. The van der Waals surface area contributed by atoms with Crippen LogP contribution >= 0.6 is 11.6 Å². The molecule has 112 valence electrons. The summed E-state index contributed by atoms with van der Waals surface area (Å²) in [5, 5.41) is 0.352. The van der Waals surface area contributed by atoms with E-state index in [-0.39, 0.29) is 29.3 Å². The number of sulfone groups is 1. The number of nitrogens with two attached hydrogens (primary N) is 1. The summed E-state index contributed by atoms with van der Waals surface area (Å²) in [4.78, 5) is 0. The summed E-state index contributed by atoms with van der Waals surface area (Å²) in [5.74, 6) is 5.67. The third-order valence-corrected chi connectivity index (χ3v) is 5.73. The van der Waals surface area contributed by atoms with Gasteiger partial charge in [-0.15, -0.1) is 0 Å². The predicted octanol–water partition coefficient (Wildman–Crippen LogP) is 1.68. The SMILES string of the molecule is NNC(Cc1ccc(Cl)cc1F)CC1CCS(=O)(=O)C1. The molecular weight excluding hydrogens is 303 g/mol. The van der Waals surface area contributed by atoms with Gasteiger partial charge in [0.25, 0.3) is 0 Å². The van der Waals surface area contributed by atoms with Crippen LogP contribution in [0, 0.1) is 11.7 Å². The number of hydrogen-bond acceptors (Lipinski definition) is 4. The molecule has 0 aromatic heterocycles. The molecule has 1 aromatic carbocycles. The van der Waals surface area contributed by atoms with Crippen LogP contribution in [0.1, 0.15) is 18.4 Å². The van der Waals surface area contributed by atoms with E-state index < -0.39 is 9.84 Å².